The van der Waals surface area contributed by atoms with Gasteiger partial charge in [-0.2, -0.15) is 0 Å². The minimum atomic E-state index is -0.216. The molecule has 1 heterocycles. The normalized spacial score (nSPS) is 10.2. The van der Waals surface area contributed by atoms with Crippen LogP contribution in [0.15, 0.2) is 72.9 Å². The third-order valence-corrected chi connectivity index (χ3v) is 3.56. The molecule has 0 aliphatic carbocycles. The van der Waals surface area contributed by atoms with Gasteiger partial charge in [-0.05, 0) is 42.0 Å². The van der Waals surface area contributed by atoms with E-state index in [1.165, 1.54) is 0 Å². The van der Waals surface area contributed by atoms with Crippen LogP contribution in [0.5, 0.6) is 5.75 Å². The summed E-state index contributed by atoms with van der Waals surface area (Å²) in [6, 6.07) is 20.2. The number of benzene rings is 2. The van der Waals surface area contributed by atoms with Crippen LogP contribution in [0.2, 0.25) is 5.15 Å². The molecule has 0 saturated carbocycles. The van der Waals surface area contributed by atoms with Gasteiger partial charge in [-0.1, -0.05) is 41.9 Å². The van der Waals surface area contributed by atoms with Crippen LogP contribution in [0.1, 0.15) is 15.9 Å². The fraction of sp³-hybridized carbons (Fsp3) is 0.0526. The highest BCUT2D eigenvalue weighted by molar-refractivity contribution is 6.29. The molecule has 120 valence electrons. The molecule has 2 aromatic carbocycles. The molecule has 0 atom stereocenters. The van der Waals surface area contributed by atoms with Crippen molar-refractivity contribution < 1.29 is 9.53 Å². The van der Waals surface area contributed by atoms with Gasteiger partial charge in [0.05, 0.1) is 0 Å². The van der Waals surface area contributed by atoms with E-state index in [9.17, 15) is 4.79 Å². The van der Waals surface area contributed by atoms with Crippen molar-refractivity contribution in [2.75, 3.05) is 5.32 Å². The molecule has 0 fully saturated rings. The zero-order valence-corrected chi connectivity index (χ0v) is 13.5. The van der Waals surface area contributed by atoms with E-state index in [4.69, 9.17) is 16.3 Å². The van der Waals surface area contributed by atoms with Crippen LogP contribution in [0, 0.1) is 0 Å². The number of aromatic nitrogens is 1. The number of pyridine rings is 1. The Balaban J connectivity index is 1.60. The number of halogens is 1. The number of nitrogens with one attached hydrogen (secondary N) is 1. The summed E-state index contributed by atoms with van der Waals surface area (Å²) in [4.78, 5) is 16.1. The van der Waals surface area contributed by atoms with E-state index >= 15 is 0 Å². The number of anilines is 1. The number of carbonyl (C=O) groups excluding carboxylic acids is 1. The summed E-state index contributed by atoms with van der Waals surface area (Å²) in [5.41, 5.74) is 2.23. The van der Waals surface area contributed by atoms with E-state index < -0.39 is 0 Å². The zero-order chi connectivity index (χ0) is 16.8. The SMILES string of the molecule is O=C(Nc1ccnc(Cl)c1)c1ccc(OCc2ccccc2)cc1. The van der Waals surface area contributed by atoms with Crippen molar-refractivity contribution in [1.82, 2.24) is 4.98 Å². The summed E-state index contributed by atoms with van der Waals surface area (Å²) in [5, 5.41) is 3.10. The molecule has 1 aromatic heterocycles. The number of hydrogen-bond donors (Lipinski definition) is 1. The van der Waals surface area contributed by atoms with Crippen molar-refractivity contribution in [3.05, 3.63) is 89.2 Å². The number of amides is 1. The topological polar surface area (TPSA) is 51.2 Å². The lowest BCUT2D eigenvalue weighted by Gasteiger charge is -2.08. The second-order valence-corrected chi connectivity index (χ2v) is 5.51. The Kier molecular flexibility index (Phi) is 5.08. The largest absolute Gasteiger partial charge is 0.489 e. The first-order valence-corrected chi connectivity index (χ1v) is 7.78. The average Bonchev–Trinajstić information content (AvgIpc) is 2.61. The van der Waals surface area contributed by atoms with Crippen molar-refractivity contribution in [2.45, 2.75) is 6.61 Å². The lowest BCUT2D eigenvalue weighted by molar-refractivity contribution is 0.102. The fourth-order valence-electron chi connectivity index (χ4n) is 2.13. The molecule has 24 heavy (non-hydrogen) atoms. The van der Waals surface area contributed by atoms with Gasteiger partial charge in [0.15, 0.2) is 0 Å². The van der Waals surface area contributed by atoms with Crippen LogP contribution in [-0.2, 0) is 6.61 Å². The highest BCUT2D eigenvalue weighted by Crippen LogP contribution is 2.17. The molecule has 0 unspecified atom stereocenters. The molecule has 1 amide bonds. The lowest BCUT2D eigenvalue weighted by Crippen LogP contribution is -2.11. The molecule has 0 bridgehead atoms. The van der Waals surface area contributed by atoms with Gasteiger partial charge in [0.25, 0.3) is 5.91 Å². The monoisotopic (exact) mass is 338 g/mol. The first-order chi connectivity index (χ1) is 11.7. The molecule has 0 aliphatic rings. The Morgan fingerprint density at radius 2 is 1.79 bits per heavy atom. The van der Waals surface area contributed by atoms with Crippen molar-refractivity contribution in [2.24, 2.45) is 0 Å². The van der Waals surface area contributed by atoms with E-state index in [0.717, 1.165) is 5.56 Å². The smallest absolute Gasteiger partial charge is 0.255 e. The highest BCUT2D eigenvalue weighted by atomic mass is 35.5. The maximum absolute atomic E-state index is 12.2. The van der Waals surface area contributed by atoms with Crippen molar-refractivity contribution in [1.29, 1.82) is 0 Å². The number of carbonyl (C=O) groups is 1. The van der Waals surface area contributed by atoms with Crippen LogP contribution >= 0.6 is 11.6 Å². The van der Waals surface area contributed by atoms with Gasteiger partial charge in [0, 0.05) is 17.4 Å². The van der Waals surface area contributed by atoms with E-state index in [2.05, 4.69) is 10.3 Å². The van der Waals surface area contributed by atoms with Gasteiger partial charge in [0.1, 0.15) is 17.5 Å². The summed E-state index contributed by atoms with van der Waals surface area (Å²) in [7, 11) is 0. The summed E-state index contributed by atoms with van der Waals surface area (Å²) in [6.07, 6.45) is 1.54. The van der Waals surface area contributed by atoms with E-state index in [-0.39, 0.29) is 5.91 Å². The molecule has 4 nitrogen and oxygen atoms in total. The van der Waals surface area contributed by atoms with Crippen molar-refractivity contribution in [3.63, 3.8) is 0 Å². The fourth-order valence-corrected chi connectivity index (χ4v) is 2.30. The summed E-state index contributed by atoms with van der Waals surface area (Å²) < 4.78 is 5.70. The minimum Gasteiger partial charge on any atom is -0.489 e. The van der Waals surface area contributed by atoms with Gasteiger partial charge in [0.2, 0.25) is 0 Å². The quantitative estimate of drug-likeness (QED) is 0.693. The standard InChI is InChI=1S/C19H15ClN2O2/c20-18-12-16(10-11-21-18)22-19(23)15-6-8-17(9-7-15)24-13-14-4-2-1-3-5-14/h1-12H,13H2,(H,21,22,23). The van der Waals surface area contributed by atoms with Crippen LogP contribution in [0.4, 0.5) is 5.69 Å². The second-order valence-electron chi connectivity index (χ2n) is 5.12. The van der Waals surface area contributed by atoms with Gasteiger partial charge < -0.3 is 10.1 Å². The predicted octanol–water partition coefficient (Wildman–Crippen LogP) is 4.57. The number of rotatable bonds is 5. The summed E-state index contributed by atoms with van der Waals surface area (Å²) >= 11 is 5.80. The first kappa shape index (κ1) is 16.0. The van der Waals surface area contributed by atoms with Crippen LogP contribution in [0.25, 0.3) is 0 Å². The van der Waals surface area contributed by atoms with Crippen LogP contribution in [-0.4, -0.2) is 10.9 Å². The molecule has 5 heteroatoms. The van der Waals surface area contributed by atoms with Gasteiger partial charge >= 0.3 is 0 Å². The van der Waals surface area contributed by atoms with Crippen molar-refractivity contribution >= 4 is 23.2 Å². The van der Waals surface area contributed by atoms with Crippen molar-refractivity contribution in [3.8, 4) is 5.75 Å². The lowest BCUT2D eigenvalue weighted by atomic mass is 10.2. The number of hydrogen-bond acceptors (Lipinski definition) is 3. The Morgan fingerprint density at radius 1 is 1.04 bits per heavy atom. The molecule has 0 radical (unpaired) electrons. The minimum absolute atomic E-state index is 0.216. The van der Waals surface area contributed by atoms with Crippen LogP contribution in [0.3, 0.4) is 0 Å². The van der Waals surface area contributed by atoms with E-state index in [0.29, 0.717) is 28.8 Å². The van der Waals surface area contributed by atoms with Gasteiger partial charge in [-0.25, -0.2) is 4.98 Å². The Labute approximate surface area is 145 Å². The summed E-state index contributed by atoms with van der Waals surface area (Å²) in [6.45, 7) is 0.488. The predicted molar refractivity (Wildman–Crippen MR) is 94.4 cm³/mol. The maximum atomic E-state index is 12.2. The molecule has 0 spiro atoms. The number of nitrogens with zero attached hydrogens (tertiary/aromatic N) is 1. The molecule has 0 saturated heterocycles. The third-order valence-electron chi connectivity index (χ3n) is 3.35. The summed E-state index contributed by atoms with van der Waals surface area (Å²) in [5.74, 6) is 0.495. The third kappa shape index (κ3) is 4.33. The van der Waals surface area contributed by atoms with Crippen LogP contribution < -0.4 is 10.1 Å². The highest BCUT2D eigenvalue weighted by Gasteiger charge is 2.07. The van der Waals surface area contributed by atoms with E-state index in [1.807, 2.05) is 30.3 Å². The Morgan fingerprint density at radius 3 is 2.50 bits per heavy atom. The van der Waals surface area contributed by atoms with Gasteiger partial charge in [-0.3, -0.25) is 4.79 Å². The Bertz CT molecular complexity index is 820. The molecule has 3 rings (SSSR count). The maximum Gasteiger partial charge on any atom is 0.255 e. The van der Waals surface area contributed by atoms with E-state index in [1.54, 1.807) is 42.6 Å². The Hall–Kier alpha value is -2.85. The molecule has 0 aliphatic heterocycles. The first-order valence-electron chi connectivity index (χ1n) is 7.40. The average molecular weight is 339 g/mol. The zero-order valence-electron chi connectivity index (χ0n) is 12.8. The molecule has 1 N–H and O–H groups in total. The number of ether oxygens (including phenoxy) is 1. The molecule has 3 aromatic rings. The molecular formula is C19H15ClN2O2. The second kappa shape index (κ2) is 7.62. The molecular weight excluding hydrogens is 324 g/mol. The van der Waals surface area contributed by atoms with Gasteiger partial charge in [-0.15, -0.1) is 0 Å².